The molecule has 0 bridgehead atoms. The summed E-state index contributed by atoms with van der Waals surface area (Å²) >= 11 is 0. The average Bonchev–Trinajstić information content (AvgIpc) is 1.99. The highest BCUT2D eigenvalue weighted by Crippen LogP contribution is 1.99. The first kappa shape index (κ1) is 2.08. The number of carbonyl (C=O) groups excluding carboxylic acids is 1. The predicted molar refractivity (Wildman–Crippen MR) is 32.1 cm³/mol. The van der Waals surface area contributed by atoms with Gasteiger partial charge in [-0.1, -0.05) is 13.7 Å². The number of hydrogen-bond donors (Lipinski definition) is 1. The molecule has 9 heavy (non-hydrogen) atoms. The first-order valence-corrected chi connectivity index (χ1v) is 2.09. The second-order valence-corrected chi connectivity index (χ2v) is 1.38. The molecule has 0 spiro atoms. The maximum absolute atomic E-state index is 10.8. The zero-order valence-corrected chi connectivity index (χ0v) is 4.47. The molecule has 0 fully saturated rings. The Labute approximate surface area is 63.5 Å². The van der Waals surface area contributed by atoms with Crippen LogP contribution in [0.1, 0.15) is 29.7 Å². The lowest BCUT2D eigenvalue weighted by molar-refractivity contribution is -0.149. The Morgan fingerprint density at radius 1 is 1.78 bits per heavy atom. The average molecular weight is 137 g/mol. The molecule has 0 aliphatic heterocycles. The van der Waals surface area contributed by atoms with Crippen molar-refractivity contribution in [3.05, 3.63) is 0 Å². The van der Waals surface area contributed by atoms with E-state index in [1.807, 2.05) is 0 Å². The van der Waals surface area contributed by atoms with Crippen LogP contribution in [-0.2, 0) is 9.59 Å². The first-order chi connectivity index (χ1) is 6.83. The predicted octanol–water partition coefficient (Wildman–Crippen LogP) is 0.686. The van der Waals surface area contributed by atoms with Crippen molar-refractivity contribution >= 4 is 11.8 Å². The van der Waals surface area contributed by atoms with E-state index in [4.69, 9.17) is 14.7 Å². The summed E-state index contributed by atoms with van der Waals surface area (Å²) < 4.78 is 48.8. The molecule has 0 aromatic carbocycles. The van der Waals surface area contributed by atoms with Gasteiger partial charge in [0.15, 0.2) is 0 Å². The van der Waals surface area contributed by atoms with E-state index in [2.05, 4.69) is 0 Å². The van der Waals surface area contributed by atoms with Crippen molar-refractivity contribution in [3.63, 3.8) is 0 Å². The minimum Gasteiger partial charge on any atom is -0.476 e. The SMILES string of the molecule is [2H]C([2H])([2H])C([2H])(CC(=O)C(=O)O)C([2H])([2H])[2H]. The lowest BCUT2D eigenvalue weighted by atomic mass is 10.1. The molecule has 0 atom stereocenters. The van der Waals surface area contributed by atoms with Gasteiger partial charge in [0.1, 0.15) is 0 Å². The van der Waals surface area contributed by atoms with E-state index in [0.29, 0.717) is 0 Å². The second-order valence-electron chi connectivity index (χ2n) is 1.38. The van der Waals surface area contributed by atoms with Gasteiger partial charge in [-0.15, -0.1) is 0 Å². The number of carbonyl (C=O) groups is 2. The molecule has 0 heterocycles. The fraction of sp³-hybridized carbons (Fsp3) is 0.667. The topological polar surface area (TPSA) is 54.4 Å². The summed E-state index contributed by atoms with van der Waals surface area (Å²) in [7, 11) is 0. The summed E-state index contributed by atoms with van der Waals surface area (Å²) in [6, 6.07) is 0. The highest BCUT2D eigenvalue weighted by atomic mass is 16.4. The number of Topliss-reactive ketones (excluding diaryl/α,β-unsaturated/α-hetero) is 1. The van der Waals surface area contributed by atoms with E-state index < -0.39 is 37.8 Å². The molecule has 0 amide bonds. The summed E-state index contributed by atoms with van der Waals surface area (Å²) in [6.45, 7) is -6.55. The van der Waals surface area contributed by atoms with Crippen LogP contribution in [0.3, 0.4) is 0 Å². The Kier molecular flexibility index (Phi) is 0.743. The van der Waals surface area contributed by atoms with Crippen LogP contribution < -0.4 is 0 Å². The summed E-state index contributed by atoms with van der Waals surface area (Å²) in [6.07, 6.45) is -1.38. The molecule has 0 saturated carbocycles. The van der Waals surface area contributed by atoms with Gasteiger partial charge in [0, 0.05) is 16.0 Å². The molecule has 0 radical (unpaired) electrons. The third-order valence-electron chi connectivity index (χ3n) is 0.576. The molecule has 3 nitrogen and oxygen atoms in total. The Morgan fingerprint density at radius 3 is 2.67 bits per heavy atom. The second kappa shape index (κ2) is 3.22. The number of hydrogen-bond acceptors (Lipinski definition) is 2. The zero-order valence-electron chi connectivity index (χ0n) is 11.5. The summed E-state index contributed by atoms with van der Waals surface area (Å²) in [5, 5.41) is 8.28. The molecule has 0 unspecified atom stereocenters. The van der Waals surface area contributed by atoms with E-state index in [1.54, 1.807) is 0 Å². The molecular formula is C6H10O3. The molecule has 0 aromatic heterocycles. The van der Waals surface area contributed by atoms with Gasteiger partial charge in [-0.2, -0.15) is 0 Å². The Hall–Kier alpha value is -0.860. The minimum absolute atomic E-state index is 1.38. The molecule has 0 rings (SSSR count). The zero-order chi connectivity index (χ0) is 13.4. The lowest BCUT2D eigenvalue weighted by Gasteiger charge is -1.97. The number of rotatable bonds is 3. The monoisotopic (exact) mass is 137 g/mol. The van der Waals surface area contributed by atoms with Crippen molar-refractivity contribution < 1.29 is 24.3 Å². The van der Waals surface area contributed by atoms with E-state index in [0.717, 1.165) is 0 Å². The largest absolute Gasteiger partial charge is 0.476 e. The smallest absolute Gasteiger partial charge is 0.372 e. The van der Waals surface area contributed by atoms with Crippen LogP contribution >= 0.6 is 0 Å². The third-order valence-corrected chi connectivity index (χ3v) is 0.576. The molecular weight excluding hydrogens is 120 g/mol. The van der Waals surface area contributed by atoms with Crippen LogP contribution in [-0.4, -0.2) is 16.9 Å². The highest BCUT2D eigenvalue weighted by Gasteiger charge is 2.11. The van der Waals surface area contributed by atoms with E-state index in [9.17, 15) is 9.59 Å². The standard InChI is InChI=1S/C6H10O3/c1-4(2)3-5(7)6(8)9/h4H,3H2,1-2H3,(H,8,9)/i1D3,2D3,4D. The van der Waals surface area contributed by atoms with Crippen LogP contribution in [0.2, 0.25) is 0 Å². The summed E-state index contributed by atoms with van der Waals surface area (Å²) in [4.78, 5) is 21.1. The first-order valence-electron chi connectivity index (χ1n) is 5.59. The van der Waals surface area contributed by atoms with Crippen molar-refractivity contribution in [1.82, 2.24) is 0 Å². The molecule has 0 aliphatic rings. The fourth-order valence-corrected chi connectivity index (χ4v) is 0.236. The van der Waals surface area contributed by atoms with Crippen molar-refractivity contribution in [1.29, 1.82) is 0 Å². The molecule has 0 aromatic rings. The van der Waals surface area contributed by atoms with Gasteiger partial charge in [-0.05, 0) is 5.89 Å². The number of carboxylic acid groups (broad SMARTS) is 1. The van der Waals surface area contributed by atoms with Crippen LogP contribution in [0.5, 0.6) is 0 Å². The third kappa shape index (κ3) is 3.70. The van der Waals surface area contributed by atoms with Crippen molar-refractivity contribution in [2.45, 2.75) is 20.1 Å². The van der Waals surface area contributed by atoms with Gasteiger partial charge in [-0.25, -0.2) is 4.79 Å². The molecule has 52 valence electrons. The van der Waals surface area contributed by atoms with Crippen LogP contribution in [0.4, 0.5) is 0 Å². The highest BCUT2D eigenvalue weighted by molar-refractivity contribution is 6.32. The quantitative estimate of drug-likeness (QED) is 0.582. The molecule has 3 heteroatoms. The molecule has 1 N–H and O–H groups in total. The summed E-state index contributed by atoms with van der Waals surface area (Å²) in [5.41, 5.74) is 0. The molecule has 0 aliphatic carbocycles. The van der Waals surface area contributed by atoms with Crippen LogP contribution in [0.15, 0.2) is 0 Å². The Balaban J connectivity index is 5.30. The van der Waals surface area contributed by atoms with Gasteiger partial charge in [-0.3, -0.25) is 4.79 Å². The lowest BCUT2D eigenvalue weighted by Crippen LogP contribution is -2.14. The van der Waals surface area contributed by atoms with E-state index in [-0.39, 0.29) is 0 Å². The van der Waals surface area contributed by atoms with Gasteiger partial charge < -0.3 is 5.11 Å². The van der Waals surface area contributed by atoms with Crippen LogP contribution in [0.25, 0.3) is 0 Å². The summed E-state index contributed by atoms with van der Waals surface area (Å²) in [5.74, 6) is -6.66. The Bertz CT molecular complexity index is 288. The van der Waals surface area contributed by atoms with Crippen LogP contribution in [0, 0.1) is 5.89 Å². The number of carboxylic acids is 1. The fourth-order valence-electron chi connectivity index (χ4n) is 0.236. The van der Waals surface area contributed by atoms with E-state index >= 15 is 0 Å². The van der Waals surface area contributed by atoms with Gasteiger partial charge in [0.05, 0.1) is 0 Å². The number of ketones is 1. The maximum atomic E-state index is 10.8. The molecule has 0 saturated heterocycles. The maximum Gasteiger partial charge on any atom is 0.372 e. The van der Waals surface area contributed by atoms with Crippen molar-refractivity contribution in [3.8, 4) is 0 Å². The van der Waals surface area contributed by atoms with Gasteiger partial charge in [0.2, 0.25) is 5.78 Å². The van der Waals surface area contributed by atoms with Gasteiger partial charge >= 0.3 is 5.97 Å². The van der Waals surface area contributed by atoms with Gasteiger partial charge in [0.25, 0.3) is 0 Å². The van der Waals surface area contributed by atoms with Crippen molar-refractivity contribution in [2.75, 3.05) is 0 Å². The van der Waals surface area contributed by atoms with Crippen molar-refractivity contribution in [2.24, 2.45) is 5.89 Å². The van der Waals surface area contributed by atoms with E-state index in [1.165, 1.54) is 0 Å². The number of aliphatic carboxylic acids is 1. The normalized spacial score (nSPS) is 25.1. The minimum atomic E-state index is -3.27. The Morgan fingerprint density at radius 2 is 2.33 bits per heavy atom.